The molecule has 1 unspecified atom stereocenters. The molecular formula is C28H45ClN4O6S2. The lowest BCUT2D eigenvalue weighted by atomic mass is 9.65. The normalized spacial score (nSPS) is 25.6. The summed E-state index contributed by atoms with van der Waals surface area (Å²) in [6, 6.07) is 6.80. The molecule has 232 valence electrons. The van der Waals surface area contributed by atoms with Crippen LogP contribution >= 0.6 is 12.4 Å². The minimum absolute atomic E-state index is 0. The molecule has 1 aliphatic carbocycles. The number of piperidine rings is 1. The largest absolute Gasteiger partial charge is 0.311 e. The number of ketones is 2. The van der Waals surface area contributed by atoms with Gasteiger partial charge < -0.3 is 10.6 Å². The summed E-state index contributed by atoms with van der Waals surface area (Å²) >= 11 is 0. The molecule has 2 atom stereocenters. The van der Waals surface area contributed by atoms with E-state index >= 15 is 0 Å². The van der Waals surface area contributed by atoms with E-state index in [1.807, 2.05) is 0 Å². The van der Waals surface area contributed by atoms with Gasteiger partial charge in [-0.3, -0.25) is 14.5 Å². The first-order valence-electron chi connectivity index (χ1n) is 14.3. The smallest absolute Gasteiger partial charge is 0.245 e. The van der Waals surface area contributed by atoms with Gasteiger partial charge in [-0.15, -0.1) is 12.4 Å². The van der Waals surface area contributed by atoms with Crippen molar-refractivity contribution < 1.29 is 26.4 Å². The summed E-state index contributed by atoms with van der Waals surface area (Å²) in [5.41, 5.74) is 0.591. The average Bonchev–Trinajstić information content (AvgIpc) is 2.88. The van der Waals surface area contributed by atoms with Gasteiger partial charge in [0.05, 0.1) is 18.2 Å². The van der Waals surface area contributed by atoms with Gasteiger partial charge in [0.2, 0.25) is 20.0 Å². The van der Waals surface area contributed by atoms with Gasteiger partial charge in [-0.05, 0) is 43.4 Å². The molecule has 0 radical (unpaired) electrons. The summed E-state index contributed by atoms with van der Waals surface area (Å²) in [7, 11) is -7.93. The van der Waals surface area contributed by atoms with Crippen LogP contribution in [0.2, 0.25) is 0 Å². The predicted molar refractivity (Wildman–Crippen MR) is 163 cm³/mol. The molecule has 3 fully saturated rings. The minimum Gasteiger partial charge on any atom is -0.311 e. The highest BCUT2D eigenvalue weighted by atomic mass is 35.5. The molecule has 0 bridgehead atoms. The van der Waals surface area contributed by atoms with Crippen LogP contribution in [0, 0.1) is 5.41 Å². The Morgan fingerprint density at radius 1 is 1.00 bits per heavy atom. The van der Waals surface area contributed by atoms with Crippen LogP contribution in [0.4, 0.5) is 5.69 Å². The number of likely N-dealkylation sites (tertiary alicyclic amines) is 1. The Bertz CT molecular complexity index is 1260. The predicted octanol–water partition coefficient (Wildman–Crippen LogP) is 2.62. The number of hydrogen-bond acceptors (Lipinski definition) is 9. The zero-order chi connectivity index (χ0) is 29.2. The quantitative estimate of drug-likeness (QED) is 0.399. The van der Waals surface area contributed by atoms with Crippen molar-refractivity contribution in [3.8, 4) is 0 Å². The molecular weight excluding hydrogens is 588 g/mol. The maximum Gasteiger partial charge on any atom is 0.245 e. The van der Waals surface area contributed by atoms with Crippen LogP contribution in [0.3, 0.4) is 0 Å². The highest BCUT2D eigenvalue weighted by Crippen LogP contribution is 2.41. The van der Waals surface area contributed by atoms with Crippen molar-refractivity contribution in [2.24, 2.45) is 5.41 Å². The third kappa shape index (κ3) is 8.29. The second kappa shape index (κ2) is 13.4. The SMILES string of the molecule is CCCC[C@]1(CC2CNC3(CCN(Cc4ccc(N(S(C)(=O)=O)S(C)(=O)=O)cc4)CC3)CN2)CC(=O)CCC1=O.Cl. The number of rotatable bonds is 10. The molecule has 1 spiro atoms. The first kappa shape index (κ1) is 33.9. The molecule has 0 aromatic heterocycles. The Labute approximate surface area is 251 Å². The summed E-state index contributed by atoms with van der Waals surface area (Å²) in [5, 5.41) is 7.52. The fourth-order valence-corrected chi connectivity index (χ4v) is 9.62. The lowest BCUT2D eigenvalue weighted by molar-refractivity contribution is -0.140. The van der Waals surface area contributed by atoms with Gasteiger partial charge in [-0.25, -0.2) is 16.8 Å². The van der Waals surface area contributed by atoms with Crippen molar-refractivity contribution in [2.45, 2.75) is 82.8 Å². The molecule has 2 N–H and O–H groups in total. The van der Waals surface area contributed by atoms with Crippen molar-refractivity contribution in [3.05, 3.63) is 29.8 Å². The highest BCUT2D eigenvalue weighted by Gasteiger charge is 2.45. The molecule has 1 aromatic carbocycles. The highest BCUT2D eigenvalue weighted by molar-refractivity contribution is 8.09. The van der Waals surface area contributed by atoms with Crippen LogP contribution in [-0.2, 0) is 36.2 Å². The molecule has 13 heteroatoms. The van der Waals surface area contributed by atoms with E-state index in [0.717, 1.165) is 82.8 Å². The summed E-state index contributed by atoms with van der Waals surface area (Å²) in [4.78, 5) is 27.7. The Morgan fingerprint density at radius 3 is 2.17 bits per heavy atom. The molecule has 2 aliphatic heterocycles. The number of unbranched alkanes of at least 4 members (excludes halogenated alkanes) is 1. The molecule has 41 heavy (non-hydrogen) atoms. The standard InChI is InChI=1S/C28H44N4O6S2.ClH/c1-4-5-12-27(18-25(33)10-11-26(27)34)17-23-19-30-28(21-29-23)13-15-31(16-14-28)20-22-6-8-24(9-7-22)32(39(2,35)36)40(3,37)38;/h6-9,23,29-30H,4-5,10-21H2,1-3H3;1H/t23?,27-;/m0./s1. The maximum atomic E-state index is 13.0. The summed E-state index contributed by atoms with van der Waals surface area (Å²) in [6.45, 7) is 6.23. The monoisotopic (exact) mass is 632 g/mol. The lowest BCUT2D eigenvalue weighted by Gasteiger charge is -2.48. The number of carbonyl (C=O) groups excluding carboxylic acids is 2. The van der Waals surface area contributed by atoms with Crippen molar-refractivity contribution in [1.29, 1.82) is 0 Å². The van der Waals surface area contributed by atoms with Gasteiger partial charge >= 0.3 is 0 Å². The molecule has 0 amide bonds. The average molecular weight is 633 g/mol. The van der Waals surface area contributed by atoms with Gasteiger partial charge in [-0.1, -0.05) is 31.9 Å². The van der Waals surface area contributed by atoms with E-state index in [1.165, 1.54) is 12.1 Å². The Kier molecular flexibility index (Phi) is 11.1. The van der Waals surface area contributed by atoms with Crippen LogP contribution in [0.1, 0.15) is 70.3 Å². The number of halogens is 1. The van der Waals surface area contributed by atoms with Gasteiger partial charge in [0.1, 0.15) is 11.6 Å². The summed E-state index contributed by atoms with van der Waals surface area (Å²) < 4.78 is 48.6. The van der Waals surface area contributed by atoms with Crippen molar-refractivity contribution >= 4 is 49.7 Å². The molecule has 2 heterocycles. The number of Topliss-reactive ketones (excluding diaryl/α,β-unsaturated/α-hetero) is 2. The third-order valence-corrected chi connectivity index (χ3v) is 12.1. The van der Waals surface area contributed by atoms with E-state index in [4.69, 9.17) is 0 Å². The number of carbonyl (C=O) groups is 2. The number of sulfonamides is 2. The number of nitrogens with one attached hydrogen (secondary N) is 2. The molecule has 1 aromatic rings. The van der Waals surface area contributed by atoms with Crippen LogP contribution in [-0.4, -0.2) is 83.6 Å². The molecule has 1 saturated carbocycles. The summed E-state index contributed by atoms with van der Waals surface area (Å²) in [6.07, 6.45) is 8.38. The Morgan fingerprint density at radius 2 is 1.63 bits per heavy atom. The molecule has 4 rings (SSSR count). The zero-order valence-corrected chi connectivity index (χ0v) is 26.8. The lowest BCUT2D eigenvalue weighted by Crippen LogP contribution is -2.66. The third-order valence-electron chi connectivity index (χ3n) is 8.83. The van der Waals surface area contributed by atoms with E-state index in [1.54, 1.807) is 12.1 Å². The molecule has 3 aliphatic rings. The van der Waals surface area contributed by atoms with E-state index in [-0.39, 0.29) is 41.2 Å². The van der Waals surface area contributed by atoms with Crippen molar-refractivity contribution in [2.75, 3.05) is 42.4 Å². The van der Waals surface area contributed by atoms with Gasteiger partial charge in [-0.2, -0.15) is 3.71 Å². The fraction of sp³-hybridized carbons (Fsp3) is 0.714. The topological polar surface area (TPSA) is 133 Å². The van der Waals surface area contributed by atoms with E-state index in [2.05, 4.69) is 22.5 Å². The minimum atomic E-state index is -3.97. The number of piperazine rings is 1. The molecule has 2 saturated heterocycles. The Hall–Kier alpha value is -1.57. The zero-order valence-electron chi connectivity index (χ0n) is 24.4. The van der Waals surface area contributed by atoms with Crippen molar-refractivity contribution in [3.63, 3.8) is 0 Å². The van der Waals surface area contributed by atoms with E-state index < -0.39 is 25.5 Å². The van der Waals surface area contributed by atoms with Gasteiger partial charge in [0, 0.05) is 69.0 Å². The number of hydrogen-bond donors (Lipinski definition) is 2. The number of benzene rings is 1. The van der Waals surface area contributed by atoms with Gasteiger partial charge in [0.25, 0.3) is 0 Å². The number of nitrogens with zero attached hydrogens (tertiary/aromatic N) is 2. The fourth-order valence-electron chi connectivity index (χ4n) is 6.65. The van der Waals surface area contributed by atoms with E-state index in [0.29, 0.717) is 29.5 Å². The summed E-state index contributed by atoms with van der Waals surface area (Å²) in [5.74, 6) is 0.491. The second-order valence-corrected chi connectivity index (χ2v) is 16.0. The van der Waals surface area contributed by atoms with Crippen LogP contribution in [0.25, 0.3) is 0 Å². The van der Waals surface area contributed by atoms with Crippen LogP contribution < -0.4 is 14.3 Å². The Balaban J connectivity index is 0.00000462. The van der Waals surface area contributed by atoms with E-state index in [9.17, 15) is 26.4 Å². The second-order valence-electron chi connectivity index (χ2n) is 12.1. The van der Waals surface area contributed by atoms with Crippen molar-refractivity contribution in [1.82, 2.24) is 15.5 Å². The first-order valence-corrected chi connectivity index (χ1v) is 18.0. The van der Waals surface area contributed by atoms with Gasteiger partial charge in [0.15, 0.2) is 0 Å². The number of anilines is 1. The van der Waals surface area contributed by atoms with Crippen LogP contribution in [0.5, 0.6) is 0 Å². The first-order chi connectivity index (χ1) is 18.8. The maximum absolute atomic E-state index is 13.0. The van der Waals surface area contributed by atoms with Crippen LogP contribution in [0.15, 0.2) is 24.3 Å². The molecule has 10 nitrogen and oxygen atoms in total.